The summed E-state index contributed by atoms with van der Waals surface area (Å²) in [6, 6.07) is 17.4. The number of ether oxygens (including phenoxy) is 1. The maximum atomic E-state index is 12.1. The molecule has 0 aliphatic carbocycles. The maximum absolute atomic E-state index is 12.1. The van der Waals surface area contributed by atoms with Crippen LogP contribution in [0, 0.1) is 0 Å². The van der Waals surface area contributed by atoms with Crippen LogP contribution in [0.4, 0.5) is 5.69 Å². The summed E-state index contributed by atoms with van der Waals surface area (Å²) >= 11 is 5.57. The summed E-state index contributed by atoms with van der Waals surface area (Å²) in [6.07, 6.45) is -0.00510. The van der Waals surface area contributed by atoms with Gasteiger partial charge in [-0.15, -0.1) is 11.6 Å². The van der Waals surface area contributed by atoms with Crippen molar-refractivity contribution in [3.63, 3.8) is 0 Å². The van der Waals surface area contributed by atoms with Crippen LogP contribution >= 0.6 is 11.6 Å². The smallest absolute Gasteiger partial charge is 0.313 e. The zero-order valence-electron chi connectivity index (χ0n) is 13.6. The number of rotatable bonds is 8. The van der Waals surface area contributed by atoms with Crippen LogP contribution in [-0.4, -0.2) is 36.7 Å². The standard InChI is InChI=1S/C19H22ClNO3/c1-24-19(23)18(15-5-3-2-4-6-15)11-14-7-9-16(10-8-14)21-13-17(22)12-20/h2-10,17-18,21-22H,11-13H2,1H3. The Morgan fingerprint density at radius 2 is 1.83 bits per heavy atom. The molecule has 5 heteroatoms. The van der Waals surface area contributed by atoms with Gasteiger partial charge < -0.3 is 15.2 Å². The summed E-state index contributed by atoms with van der Waals surface area (Å²) in [4.78, 5) is 12.1. The zero-order chi connectivity index (χ0) is 17.4. The molecule has 0 aromatic heterocycles. The van der Waals surface area contributed by atoms with E-state index in [4.69, 9.17) is 16.3 Å². The van der Waals surface area contributed by atoms with Crippen LogP contribution in [-0.2, 0) is 16.0 Å². The molecule has 0 spiro atoms. The molecular formula is C19H22ClNO3. The van der Waals surface area contributed by atoms with Crippen molar-refractivity contribution in [2.45, 2.75) is 18.4 Å². The van der Waals surface area contributed by atoms with E-state index in [0.29, 0.717) is 13.0 Å². The lowest BCUT2D eigenvalue weighted by atomic mass is 9.92. The first-order valence-corrected chi connectivity index (χ1v) is 8.37. The van der Waals surface area contributed by atoms with Gasteiger partial charge in [-0.05, 0) is 29.7 Å². The number of carbonyl (C=O) groups excluding carboxylic acids is 1. The number of esters is 1. The normalized spacial score (nSPS) is 13.1. The number of aliphatic hydroxyl groups is 1. The molecule has 0 bridgehead atoms. The quantitative estimate of drug-likeness (QED) is 0.568. The average Bonchev–Trinajstić information content (AvgIpc) is 2.65. The van der Waals surface area contributed by atoms with E-state index >= 15 is 0 Å². The molecular weight excluding hydrogens is 326 g/mol. The molecule has 2 N–H and O–H groups in total. The SMILES string of the molecule is COC(=O)C(Cc1ccc(NCC(O)CCl)cc1)c1ccccc1. The van der Waals surface area contributed by atoms with Crippen molar-refractivity contribution in [3.8, 4) is 0 Å². The number of carbonyl (C=O) groups is 1. The molecule has 0 fully saturated rings. The van der Waals surface area contributed by atoms with Gasteiger partial charge in [-0.25, -0.2) is 0 Å². The van der Waals surface area contributed by atoms with Gasteiger partial charge in [-0.1, -0.05) is 42.5 Å². The van der Waals surface area contributed by atoms with Gasteiger partial charge in [0.25, 0.3) is 0 Å². The van der Waals surface area contributed by atoms with Crippen molar-refractivity contribution in [1.29, 1.82) is 0 Å². The third-order valence-corrected chi connectivity index (χ3v) is 4.16. The third kappa shape index (κ3) is 5.25. The van der Waals surface area contributed by atoms with Crippen molar-refractivity contribution in [2.24, 2.45) is 0 Å². The number of nitrogens with one attached hydrogen (secondary N) is 1. The predicted molar refractivity (Wildman–Crippen MR) is 96.6 cm³/mol. The van der Waals surface area contributed by atoms with E-state index < -0.39 is 6.10 Å². The Hall–Kier alpha value is -2.04. The zero-order valence-corrected chi connectivity index (χ0v) is 14.4. The van der Waals surface area contributed by atoms with Crippen LogP contribution in [0.3, 0.4) is 0 Å². The first-order chi connectivity index (χ1) is 11.6. The summed E-state index contributed by atoms with van der Waals surface area (Å²) in [6.45, 7) is 0.400. The predicted octanol–water partition coefficient (Wildman–Crippen LogP) is 3.20. The minimum atomic E-state index is -0.576. The number of methoxy groups -OCH3 is 1. The molecule has 2 atom stereocenters. The number of halogens is 1. The molecule has 0 aliphatic rings. The fourth-order valence-electron chi connectivity index (χ4n) is 2.45. The molecule has 0 radical (unpaired) electrons. The minimum absolute atomic E-state index is 0.197. The van der Waals surface area contributed by atoms with Gasteiger partial charge in [-0.3, -0.25) is 4.79 Å². The number of alkyl halides is 1. The highest BCUT2D eigenvalue weighted by Gasteiger charge is 2.21. The van der Waals surface area contributed by atoms with Crippen LogP contribution in [0.1, 0.15) is 17.0 Å². The fraction of sp³-hybridized carbons (Fsp3) is 0.316. The maximum Gasteiger partial charge on any atom is 0.313 e. The molecule has 2 aromatic rings. The summed E-state index contributed by atoms with van der Waals surface area (Å²) in [5.41, 5.74) is 2.88. The van der Waals surface area contributed by atoms with E-state index in [9.17, 15) is 9.90 Å². The topological polar surface area (TPSA) is 58.6 Å². The molecule has 2 unspecified atom stereocenters. The molecule has 128 valence electrons. The summed E-state index contributed by atoms with van der Waals surface area (Å²) in [5, 5.41) is 12.6. The summed E-state index contributed by atoms with van der Waals surface area (Å²) in [7, 11) is 1.41. The average molecular weight is 348 g/mol. The van der Waals surface area contributed by atoms with Crippen LogP contribution in [0.2, 0.25) is 0 Å². The van der Waals surface area contributed by atoms with Crippen LogP contribution in [0.25, 0.3) is 0 Å². The Bertz CT molecular complexity index is 631. The Morgan fingerprint density at radius 3 is 2.42 bits per heavy atom. The van der Waals surface area contributed by atoms with Gasteiger partial charge in [0.1, 0.15) is 0 Å². The fourth-order valence-corrected chi connectivity index (χ4v) is 2.56. The van der Waals surface area contributed by atoms with Gasteiger partial charge in [-0.2, -0.15) is 0 Å². The van der Waals surface area contributed by atoms with E-state index in [1.807, 2.05) is 54.6 Å². The molecule has 0 amide bonds. The summed E-state index contributed by atoms with van der Waals surface area (Å²) < 4.78 is 4.95. The molecule has 0 heterocycles. The van der Waals surface area contributed by atoms with E-state index in [0.717, 1.165) is 16.8 Å². The van der Waals surface area contributed by atoms with Gasteiger partial charge in [0.05, 0.1) is 25.0 Å². The first kappa shape index (κ1) is 18.3. The Labute approximate surface area is 147 Å². The number of hydrogen-bond donors (Lipinski definition) is 2. The lowest BCUT2D eigenvalue weighted by Crippen LogP contribution is -2.20. The molecule has 0 saturated heterocycles. The third-order valence-electron chi connectivity index (χ3n) is 3.80. The van der Waals surface area contributed by atoms with Crippen molar-refractivity contribution < 1.29 is 14.6 Å². The Kier molecular flexibility index (Phi) is 7.09. The van der Waals surface area contributed by atoms with Crippen molar-refractivity contribution in [3.05, 3.63) is 65.7 Å². The Balaban J connectivity index is 2.05. The highest BCUT2D eigenvalue weighted by Crippen LogP contribution is 2.23. The molecule has 0 saturated carbocycles. The molecule has 4 nitrogen and oxygen atoms in total. The summed E-state index contributed by atoms with van der Waals surface area (Å²) in [5.74, 6) is -0.370. The highest BCUT2D eigenvalue weighted by molar-refractivity contribution is 6.18. The second-order valence-electron chi connectivity index (χ2n) is 5.58. The van der Waals surface area contributed by atoms with Crippen LogP contribution < -0.4 is 5.32 Å². The number of benzene rings is 2. The van der Waals surface area contributed by atoms with Crippen molar-refractivity contribution >= 4 is 23.3 Å². The lowest BCUT2D eigenvalue weighted by Gasteiger charge is -2.16. The molecule has 2 rings (SSSR count). The van der Waals surface area contributed by atoms with E-state index in [-0.39, 0.29) is 17.8 Å². The van der Waals surface area contributed by atoms with Crippen molar-refractivity contribution in [1.82, 2.24) is 0 Å². The van der Waals surface area contributed by atoms with Gasteiger partial charge in [0.15, 0.2) is 0 Å². The second kappa shape index (κ2) is 9.30. The molecule has 2 aromatic carbocycles. The monoisotopic (exact) mass is 347 g/mol. The Morgan fingerprint density at radius 1 is 1.17 bits per heavy atom. The molecule has 0 aliphatic heterocycles. The van der Waals surface area contributed by atoms with E-state index in [1.54, 1.807) is 0 Å². The second-order valence-corrected chi connectivity index (χ2v) is 5.89. The number of anilines is 1. The van der Waals surface area contributed by atoms with E-state index in [2.05, 4.69) is 5.32 Å². The van der Waals surface area contributed by atoms with Crippen LogP contribution in [0.15, 0.2) is 54.6 Å². The number of aliphatic hydroxyl groups excluding tert-OH is 1. The van der Waals surface area contributed by atoms with Gasteiger partial charge in [0.2, 0.25) is 0 Å². The first-order valence-electron chi connectivity index (χ1n) is 7.83. The lowest BCUT2D eigenvalue weighted by molar-refractivity contribution is -0.142. The van der Waals surface area contributed by atoms with Crippen LogP contribution in [0.5, 0.6) is 0 Å². The van der Waals surface area contributed by atoms with Gasteiger partial charge >= 0.3 is 5.97 Å². The minimum Gasteiger partial charge on any atom is -0.469 e. The van der Waals surface area contributed by atoms with Gasteiger partial charge in [0, 0.05) is 12.2 Å². The molecule has 24 heavy (non-hydrogen) atoms. The largest absolute Gasteiger partial charge is 0.469 e. The van der Waals surface area contributed by atoms with E-state index in [1.165, 1.54) is 7.11 Å². The highest BCUT2D eigenvalue weighted by atomic mass is 35.5. The van der Waals surface area contributed by atoms with Crippen molar-refractivity contribution in [2.75, 3.05) is 24.9 Å². The number of hydrogen-bond acceptors (Lipinski definition) is 4.